The molecule has 0 atom stereocenters. The van der Waals surface area contributed by atoms with Crippen LogP contribution in [0.25, 0.3) is 11.4 Å². The number of rotatable bonds is 5. The van der Waals surface area contributed by atoms with E-state index in [-0.39, 0.29) is 5.91 Å². The second kappa shape index (κ2) is 6.59. The van der Waals surface area contributed by atoms with Gasteiger partial charge in [-0.2, -0.15) is 0 Å². The van der Waals surface area contributed by atoms with Crippen molar-refractivity contribution in [2.45, 2.75) is 51.6 Å². The molecular formula is C21H25N5O. The number of hydrogen-bond acceptors (Lipinski definition) is 5. The summed E-state index contributed by atoms with van der Waals surface area (Å²) in [6.45, 7) is 2.93. The van der Waals surface area contributed by atoms with Crippen LogP contribution in [0.15, 0.2) is 24.5 Å². The number of nitrogens with zero attached hydrogens (tertiary/aromatic N) is 4. The minimum Gasteiger partial charge on any atom is -0.366 e. The number of pyridine rings is 1. The number of nitrogens with one attached hydrogen (secondary N) is 1. The third kappa shape index (κ3) is 3.40. The second-order valence-electron chi connectivity index (χ2n) is 8.10. The first kappa shape index (κ1) is 16.7. The summed E-state index contributed by atoms with van der Waals surface area (Å²) in [5.74, 6) is 3.36. The molecule has 2 fully saturated rings. The molecule has 3 aliphatic rings. The fraction of sp³-hybridized carbons (Fsp3) is 0.524. The van der Waals surface area contributed by atoms with E-state index >= 15 is 0 Å². The van der Waals surface area contributed by atoms with Crippen molar-refractivity contribution in [3.63, 3.8) is 0 Å². The highest BCUT2D eigenvalue weighted by molar-refractivity contribution is 5.74. The van der Waals surface area contributed by atoms with Gasteiger partial charge in [0.1, 0.15) is 5.82 Å². The molecule has 1 amide bonds. The van der Waals surface area contributed by atoms with Crippen LogP contribution in [0.2, 0.25) is 0 Å². The Labute approximate surface area is 159 Å². The maximum Gasteiger partial charge on any atom is 0.219 e. The van der Waals surface area contributed by atoms with E-state index < -0.39 is 0 Å². The summed E-state index contributed by atoms with van der Waals surface area (Å²) >= 11 is 0. The lowest BCUT2D eigenvalue weighted by atomic mass is 10.0. The summed E-state index contributed by atoms with van der Waals surface area (Å²) < 4.78 is 0. The fourth-order valence-corrected chi connectivity index (χ4v) is 4.13. The molecule has 6 nitrogen and oxygen atoms in total. The van der Waals surface area contributed by atoms with Crippen LogP contribution in [0, 0.1) is 11.8 Å². The minimum absolute atomic E-state index is 0.102. The van der Waals surface area contributed by atoms with Crippen molar-refractivity contribution < 1.29 is 4.79 Å². The van der Waals surface area contributed by atoms with Crippen molar-refractivity contribution in [3.05, 3.63) is 35.8 Å². The van der Waals surface area contributed by atoms with Crippen LogP contribution in [0.5, 0.6) is 0 Å². The maximum atomic E-state index is 11.9. The van der Waals surface area contributed by atoms with Crippen molar-refractivity contribution in [2.75, 3.05) is 11.9 Å². The van der Waals surface area contributed by atoms with Crippen molar-refractivity contribution in [3.8, 4) is 11.4 Å². The number of aromatic nitrogens is 3. The molecule has 2 saturated carbocycles. The number of carbonyl (C=O) groups is 1. The van der Waals surface area contributed by atoms with Crippen LogP contribution < -0.4 is 5.32 Å². The van der Waals surface area contributed by atoms with Gasteiger partial charge in [0, 0.05) is 43.0 Å². The number of anilines is 1. The van der Waals surface area contributed by atoms with Gasteiger partial charge in [-0.05, 0) is 56.1 Å². The predicted octanol–water partition coefficient (Wildman–Crippen LogP) is 3.04. The topological polar surface area (TPSA) is 71.0 Å². The largest absolute Gasteiger partial charge is 0.366 e. The molecule has 2 aromatic rings. The van der Waals surface area contributed by atoms with Gasteiger partial charge < -0.3 is 10.2 Å². The average molecular weight is 363 g/mol. The fourth-order valence-electron chi connectivity index (χ4n) is 4.13. The van der Waals surface area contributed by atoms with Gasteiger partial charge in [-0.3, -0.25) is 9.78 Å². The lowest BCUT2D eigenvalue weighted by Gasteiger charge is -2.30. The highest BCUT2D eigenvalue weighted by Crippen LogP contribution is 2.46. The molecule has 0 bridgehead atoms. The number of amides is 1. The van der Waals surface area contributed by atoms with E-state index in [2.05, 4.69) is 10.3 Å². The monoisotopic (exact) mass is 363 g/mol. The molecule has 2 aromatic heterocycles. The molecule has 140 valence electrons. The lowest BCUT2D eigenvalue weighted by molar-refractivity contribution is -0.129. The van der Waals surface area contributed by atoms with E-state index in [4.69, 9.17) is 9.97 Å². The highest BCUT2D eigenvalue weighted by atomic mass is 16.2. The van der Waals surface area contributed by atoms with Crippen LogP contribution >= 0.6 is 0 Å². The zero-order valence-corrected chi connectivity index (χ0v) is 15.7. The number of carbonyl (C=O) groups excluding carboxylic acids is 1. The van der Waals surface area contributed by atoms with Crippen LogP contribution in [0.3, 0.4) is 0 Å². The standard InChI is InChI=1S/C21H25N5O/c1-13(27)26-10-8-17-18(12-26)23-20(16-3-2-9-22-11-16)25-21(17)24-19(14-4-5-14)15-6-7-15/h2-3,9,11,14-15,19H,4-8,10,12H2,1H3,(H,23,24,25). The Balaban J connectivity index is 1.54. The lowest BCUT2D eigenvalue weighted by Crippen LogP contribution is -2.36. The van der Waals surface area contributed by atoms with E-state index in [0.717, 1.165) is 41.9 Å². The maximum absolute atomic E-state index is 11.9. The van der Waals surface area contributed by atoms with Crippen molar-refractivity contribution in [2.24, 2.45) is 11.8 Å². The zero-order chi connectivity index (χ0) is 18.4. The zero-order valence-electron chi connectivity index (χ0n) is 15.7. The smallest absolute Gasteiger partial charge is 0.219 e. The Kier molecular flexibility index (Phi) is 4.06. The van der Waals surface area contributed by atoms with Gasteiger partial charge in [0.05, 0.1) is 12.2 Å². The first-order chi connectivity index (χ1) is 13.2. The van der Waals surface area contributed by atoms with Gasteiger partial charge in [-0.25, -0.2) is 9.97 Å². The van der Waals surface area contributed by atoms with Gasteiger partial charge in [-0.1, -0.05) is 0 Å². The highest BCUT2D eigenvalue weighted by Gasteiger charge is 2.42. The van der Waals surface area contributed by atoms with Crippen molar-refractivity contribution in [1.29, 1.82) is 0 Å². The predicted molar refractivity (Wildman–Crippen MR) is 103 cm³/mol. The van der Waals surface area contributed by atoms with Crippen LogP contribution in [0.1, 0.15) is 43.9 Å². The van der Waals surface area contributed by atoms with Crippen LogP contribution in [-0.2, 0) is 17.8 Å². The molecule has 0 radical (unpaired) electrons. The molecule has 3 heterocycles. The van der Waals surface area contributed by atoms with E-state index in [0.29, 0.717) is 18.4 Å². The summed E-state index contributed by atoms with van der Waals surface area (Å²) in [6, 6.07) is 4.43. The Morgan fingerprint density at radius 1 is 1.22 bits per heavy atom. The molecule has 27 heavy (non-hydrogen) atoms. The van der Waals surface area contributed by atoms with E-state index in [1.165, 1.54) is 31.2 Å². The Bertz CT molecular complexity index is 848. The molecule has 5 rings (SSSR count). The molecule has 2 aliphatic carbocycles. The van der Waals surface area contributed by atoms with E-state index in [9.17, 15) is 4.79 Å². The van der Waals surface area contributed by atoms with E-state index in [1.807, 2.05) is 17.0 Å². The molecular weight excluding hydrogens is 338 g/mol. The molecule has 1 N–H and O–H groups in total. The third-order valence-corrected chi connectivity index (χ3v) is 5.99. The molecule has 0 unspecified atom stereocenters. The quantitative estimate of drug-likeness (QED) is 0.884. The van der Waals surface area contributed by atoms with Gasteiger partial charge in [0.15, 0.2) is 5.82 Å². The first-order valence-corrected chi connectivity index (χ1v) is 10.0. The molecule has 0 aromatic carbocycles. The van der Waals surface area contributed by atoms with Gasteiger partial charge in [0.25, 0.3) is 0 Å². The summed E-state index contributed by atoms with van der Waals surface area (Å²) in [7, 11) is 0. The molecule has 0 saturated heterocycles. The molecule has 0 spiro atoms. The molecule has 6 heteroatoms. The van der Waals surface area contributed by atoms with Crippen molar-refractivity contribution >= 4 is 11.7 Å². The van der Waals surface area contributed by atoms with Gasteiger partial charge in [0.2, 0.25) is 5.91 Å². The Hall–Kier alpha value is -2.50. The minimum atomic E-state index is 0.102. The van der Waals surface area contributed by atoms with Crippen LogP contribution in [0.4, 0.5) is 5.82 Å². The third-order valence-electron chi connectivity index (χ3n) is 5.99. The Morgan fingerprint density at radius 2 is 2.00 bits per heavy atom. The summed E-state index contributed by atoms with van der Waals surface area (Å²) in [5, 5.41) is 3.81. The molecule has 1 aliphatic heterocycles. The van der Waals surface area contributed by atoms with Crippen molar-refractivity contribution in [1.82, 2.24) is 19.9 Å². The summed E-state index contributed by atoms with van der Waals surface area (Å²) in [5.41, 5.74) is 3.07. The number of fused-ring (bicyclic) bond motifs is 1. The average Bonchev–Trinajstić information content (AvgIpc) is 3.59. The van der Waals surface area contributed by atoms with Gasteiger partial charge in [-0.15, -0.1) is 0 Å². The first-order valence-electron chi connectivity index (χ1n) is 10.0. The SMILES string of the molecule is CC(=O)N1CCc2c(nc(-c3cccnc3)nc2NC(C2CC2)C2CC2)C1. The van der Waals surface area contributed by atoms with E-state index in [1.54, 1.807) is 19.3 Å². The Morgan fingerprint density at radius 3 is 2.63 bits per heavy atom. The second-order valence-corrected chi connectivity index (χ2v) is 8.10. The summed E-state index contributed by atoms with van der Waals surface area (Å²) in [4.78, 5) is 27.7. The van der Waals surface area contributed by atoms with Crippen LogP contribution in [-0.4, -0.2) is 38.3 Å². The number of hydrogen-bond donors (Lipinski definition) is 1. The van der Waals surface area contributed by atoms with Gasteiger partial charge >= 0.3 is 0 Å². The normalized spacial score (nSPS) is 19.1. The summed E-state index contributed by atoms with van der Waals surface area (Å²) in [6.07, 6.45) is 9.69.